The molecule has 0 aliphatic rings. The van der Waals surface area contributed by atoms with Crippen molar-refractivity contribution in [2.45, 2.75) is 39.2 Å². The molecule has 0 heterocycles. The van der Waals surface area contributed by atoms with Crippen LogP contribution in [0.4, 0.5) is 0 Å². The minimum Gasteiger partial charge on any atom is -0.296 e. The summed E-state index contributed by atoms with van der Waals surface area (Å²) in [5.74, 6) is 0. The number of nitrogens with one attached hydrogen (secondary N) is 1. The fourth-order valence-corrected chi connectivity index (χ4v) is 6.92. The van der Waals surface area contributed by atoms with Crippen molar-refractivity contribution >= 4 is 17.9 Å². The van der Waals surface area contributed by atoms with Gasteiger partial charge in [-0.2, -0.15) is 5.26 Å². The van der Waals surface area contributed by atoms with Crippen LogP contribution in [0.5, 0.6) is 0 Å². The summed E-state index contributed by atoms with van der Waals surface area (Å²) in [5, 5.41) is 15.2. The molecule has 0 aromatic heterocycles. The van der Waals surface area contributed by atoms with E-state index in [0.717, 1.165) is 33.7 Å². The largest absolute Gasteiger partial charge is 0.296 e. The number of nitrogens with zero attached hydrogens (tertiary/aromatic N) is 1. The van der Waals surface area contributed by atoms with Crippen LogP contribution in [0.3, 0.4) is 0 Å². The number of aryl methyl sites for hydroxylation is 2. The molecule has 1 atom stereocenters. The number of hydrogen-bond donors (Lipinski definition) is 1. The van der Waals surface area contributed by atoms with E-state index in [2.05, 4.69) is 11.2 Å². The molecule has 4 heteroatoms. The molecule has 3 aromatic carbocycles. The van der Waals surface area contributed by atoms with E-state index in [9.17, 15) is 9.83 Å². The molecule has 3 nitrogen and oxygen atoms in total. The van der Waals surface area contributed by atoms with Crippen LogP contribution in [0, 0.1) is 25.2 Å². The smallest absolute Gasteiger partial charge is 0.206 e. The third-order valence-corrected chi connectivity index (χ3v) is 8.40. The van der Waals surface area contributed by atoms with Crippen LogP contribution >= 0.6 is 7.29 Å². The van der Waals surface area contributed by atoms with E-state index in [0.29, 0.717) is 6.42 Å². The maximum Gasteiger partial charge on any atom is 0.206 e. The standard InChI is InChI=1S/C25H27N2OP/c1-4-18-25(19-26,22-14-6-5-7-15-22)27-29(28,23-16-10-8-12-20(23)2)24-17-11-9-13-21(24)3/h5-17H,4,18H2,1-3H3,(H,27,28)/t25-/m1/s1. The van der Waals surface area contributed by atoms with E-state index in [1.54, 1.807) is 0 Å². The van der Waals surface area contributed by atoms with Crippen molar-refractivity contribution in [3.63, 3.8) is 0 Å². The van der Waals surface area contributed by atoms with Gasteiger partial charge in [0.05, 0.1) is 6.07 Å². The zero-order valence-corrected chi connectivity index (χ0v) is 18.1. The van der Waals surface area contributed by atoms with Gasteiger partial charge < -0.3 is 0 Å². The second-order valence-electron chi connectivity index (χ2n) is 7.43. The summed E-state index contributed by atoms with van der Waals surface area (Å²) in [4.78, 5) is 0. The normalized spacial score (nSPS) is 13.4. The van der Waals surface area contributed by atoms with Crippen molar-refractivity contribution in [3.8, 4) is 6.07 Å². The van der Waals surface area contributed by atoms with Crippen LogP contribution in [-0.4, -0.2) is 0 Å². The predicted molar refractivity (Wildman–Crippen MR) is 121 cm³/mol. The fraction of sp³-hybridized carbons (Fsp3) is 0.240. The Labute approximate surface area is 173 Å². The van der Waals surface area contributed by atoms with Crippen LogP contribution in [0.25, 0.3) is 0 Å². The molecular formula is C25H27N2OP. The first-order valence-electron chi connectivity index (χ1n) is 9.95. The molecule has 0 fully saturated rings. The topological polar surface area (TPSA) is 52.9 Å². The number of nitriles is 1. The zero-order valence-electron chi connectivity index (χ0n) is 17.2. The van der Waals surface area contributed by atoms with Gasteiger partial charge in [0.2, 0.25) is 7.29 Å². The van der Waals surface area contributed by atoms with Crippen LogP contribution in [0.2, 0.25) is 0 Å². The molecule has 0 radical (unpaired) electrons. The van der Waals surface area contributed by atoms with E-state index in [4.69, 9.17) is 0 Å². The third kappa shape index (κ3) is 4.06. The summed E-state index contributed by atoms with van der Waals surface area (Å²) in [6, 6.07) is 27.6. The van der Waals surface area contributed by atoms with E-state index in [-0.39, 0.29) is 0 Å². The van der Waals surface area contributed by atoms with Gasteiger partial charge in [-0.3, -0.25) is 4.57 Å². The molecule has 3 rings (SSSR count). The molecule has 0 spiro atoms. The van der Waals surface area contributed by atoms with Crippen molar-refractivity contribution in [1.29, 1.82) is 5.26 Å². The maximum absolute atomic E-state index is 14.8. The monoisotopic (exact) mass is 402 g/mol. The Morgan fingerprint density at radius 3 is 1.79 bits per heavy atom. The lowest BCUT2D eigenvalue weighted by molar-refractivity contribution is 0.460. The van der Waals surface area contributed by atoms with E-state index >= 15 is 0 Å². The molecule has 0 saturated heterocycles. The van der Waals surface area contributed by atoms with Crippen molar-refractivity contribution in [2.24, 2.45) is 0 Å². The zero-order chi connectivity index (χ0) is 20.9. The molecule has 148 valence electrons. The first-order chi connectivity index (χ1) is 14.0. The fourth-order valence-electron chi connectivity index (χ4n) is 3.86. The molecule has 0 aliphatic carbocycles. The Morgan fingerprint density at radius 1 is 0.862 bits per heavy atom. The Bertz CT molecular complexity index is 1020. The van der Waals surface area contributed by atoms with Crippen molar-refractivity contribution in [3.05, 3.63) is 95.6 Å². The lowest BCUT2D eigenvalue weighted by atomic mass is 9.88. The molecule has 0 saturated carbocycles. The Hall–Kier alpha value is -2.66. The van der Waals surface area contributed by atoms with Crippen molar-refractivity contribution in [2.75, 3.05) is 0 Å². The molecule has 3 aromatic rings. The van der Waals surface area contributed by atoms with Gasteiger partial charge in [-0.15, -0.1) is 0 Å². The van der Waals surface area contributed by atoms with Gasteiger partial charge in [0, 0.05) is 10.6 Å². The lowest BCUT2D eigenvalue weighted by Gasteiger charge is -2.34. The van der Waals surface area contributed by atoms with Crippen LogP contribution < -0.4 is 15.7 Å². The molecule has 0 amide bonds. The first kappa shape index (κ1) is 21.1. The minimum atomic E-state index is -3.31. The summed E-state index contributed by atoms with van der Waals surface area (Å²) in [5.41, 5.74) is 1.69. The van der Waals surface area contributed by atoms with E-state index in [1.165, 1.54) is 0 Å². The van der Waals surface area contributed by atoms with Crippen LogP contribution in [-0.2, 0) is 10.1 Å². The van der Waals surface area contributed by atoms with Crippen molar-refractivity contribution < 1.29 is 4.57 Å². The van der Waals surface area contributed by atoms with Gasteiger partial charge in [0.25, 0.3) is 0 Å². The first-order valence-corrected chi connectivity index (χ1v) is 11.7. The van der Waals surface area contributed by atoms with Crippen LogP contribution in [0.15, 0.2) is 78.9 Å². The average molecular weight is 402 g/mol. The summed E-state index contributed by atoms with van der Waals surface area (Å²) in [6.07, 6.45) is 1.35. The predicted octanol–water partition coefficient (Wildman–Crippen LogP) is 5.34. The highest BCUT2D eigenvalue weighted by Gasteiger charge is 2.41. The summed E-state index contributed by atoms with van der Waals surface area (Å²) >= 11 is 0. The molecular weight excluding hydrogens is 375 g/mol. The van der Waals surface area contributed by atoms with Crippen LogP contribution in [0.1, 0.15) is 36.5 Å². The van der Waals surface area contributed by atoms with Gasteiger partial charge in [0.1, 0.15) is 5.54 Å². The van der Waals surface area contributed by atoms with Gasteiger partial charge in [-0.1, -0.05) is 80.1 Å². The van der Waals surface area contributed by atoms with Gasteiger partial charge >= 0.3 is 0 Å². The van der Waals surface area contributed by atoms with E-state index < -0.39 is 12.8 Å². The second kappa shape index (κ2) is 8.78. The second-order valence-corrected chi connectivity index (χ2v) is 9.83. The summed E-state index contributed by atoms with van der Waals surface area (Å²) in [6.45, 7) is 5.99. The number of hydrogen-bond acceptors (Lipinski definition) is 2. The Kier molecular flexibility index (Phi) is 6.38. The quantitative estimate of drug-likeness (QED) is 0.543. The Balaban J connectivity index is 2.27. The van der Waals surface area contributed by atoms with E-state index in [1.807, 2.05) is 99.6 Å². The molecule has 0 unspecified atom stereocenters. The molecule has 0 aliphatic heterocycles. The highest BCUT2D eigenvalue weighted by molar-refractivity contribution is 7.77. The molecule has 0 bridgehead atoms. The minimum absolute atomic E-state index is 0.565. The lowest BCUT2D eigenvalue weighted by Crippen LogP contribution is -2.44. The number of rotatable bonds is 7. The highest BCUT2D eigenvalue weighted by atomic mass is 31.2. The summed E-state index contributed by atoms with van der Waals surface area (Å²) < 4.78 is 14.8. The molecule has 1 N–H and O–H groups in total. The van der Waals surface area contributed by atoms with Gasteiger partial charge in [-0.05, 0) is 49.1 Å². The third-order valence-electron chi connectivity index (χ3n) is 5.34. The van der Waals surface area contributed by atoms with Crippen molar-refractivity contribution in [1.82, 2.24) is 5.09 Å². The highest BCUT2D eigenvalue weighted by Crippen LogP contribution is 2.46. The van der Waals surface area contributed by atoms with Gasteiger partial charge in [0.15, 0.2) is 0 Å². The average Bonchev–Trinajstić information content (AvgIpc) is 2.74. The number of benzene rings is 3. The Morgan fingerprint density at radius 2 is 1.34 bits per heavy atom. The SMILES string of the molecule is CCC[C@](C#N)(NP(=O)(c1ccccc1C)c1ccccc1C)c1ccccc1. The molecule has 29 heavy (non-hydrogen) atoms. The summed E-state index contributed by atoms with van der Waals surface area (Å²) in [7, 11) is -3.31. The maximum atomic E-state index is 14.8. The van der Waals surface area contributed by atoms with Gasteiger partial charge in [-0.25, -0.2) is 5.09 Å².